The zero-order chi connectivity index (χ0) is 11.4. The van der Waals surface area contributed by atoms with Crippen molar-refractivity contribution in [1.29, 1.82) is 0 Å². The summed E-state index contributed by atoms with van der Waals surface area (Å²) in [5, 5.41) is 3.34. The van der Waals surface area contributed by atoms with Gasteiger partial charge in [-0.05, 0) is 24.1 Å². The summed E-state index contributed by atoms with van der Waals surface area (Å²) < 4.78 is 13.2. The van der Waals surface area contributed by atoms with Crippen LogP contribution in [0.1, 0.15) is 24.9 Å². The number of benzene rings is 1. The van der Waals surface area contributed by atoms with Crippen LogP contribution in [-0.4, -0.2) is 31.1 Å². The fourth-order valence-electron chi connectivity index (χ4n) is 2.41. The molecule has 1 unspecified atom stereocenters. The van der Waals surface area contributed by atoms with Crippen LogP contribution in [0.15, 0.2) is 24.3 Å². The zero-order valence-corrected chi connectivity index (χ0v) is 9.75. The van der Waals surface area contributed by atoms with Crippen LogP contribution in [-0.2, 0) is 0 Å². The summed E-state index contributed by atoms with van der Waals surface area (Å²) in [6, 6.07) is 7.36. The minimum absolute atomic E-state index is 0.133. The predicted molar refractivity (Wildman–Crippen MR) is 63.9 cm³/mol. The zero-order valence-electron chi connectivity index (χ0n) is 9.75. The largest absolute Gasteiger partial charge is 0.314 e. The molecule has 0 bridgehead atoms. The monoisotopic (exact) mass is 222 g/mol. The van der Waals surface area contributed by atoms with Crippen molar-refractivity contribution in [3.63, 3.8) is 0 Å². The molecule has 0 aliphatic carbocycles. The highest BCUT2D eigenvalue weighted by Gasteiger charge is 2.20. The average molecular weight is 222 g/mol. The molecule has 1 N–H and O–H groups in total. The molecule has 2 nitrogen and oxygen atoms in total. The van der Waals surface area contributed by atoms with Gasteiger partial charge in [-0.15, -0.1) is 0 Å². The number of piperazine rings is 1. The minimum atomic E-state index is -0.133. The van der Waals surface area contributed by atoms with Gasteiger partial charge in [0.25, 0.3) is 0 Å². The van der Waals surface area contributed by atoms with Crippen LogP contribution < -0.4 is 5.32 Å². The van der Waals surface area contributed by atoms with Gasteiger partial charge in [-0.1, -0.05) is 19.1 Å². The van der Waals surface area contributed by atoms with Crippen molar-refractivity contribution < 1.29 is 4.39 Å². The van der Waals surface area contributed by atoms with Gasteiger partial charge in [0.2, 0.25) is 0 Å². The summed E-state index contributed by atoms with van der Waals surface area (Å²) in [6.07, 6.45) is 1.03. The molecule has 1 aliphatic rings. The standard InChI is InChI=1S/C13H19FN2/c1-2-13(16-8-6-15-7-9-16)11-4-3-5-12(14)10-11/h3-5,10,13,15H,2,6-9H2,1H3. The molecule has 1 aromatic rings. The van der Waals surface area contributed by atoms with E-state index in [2.05, 4.69) is 17.1 Å². The van der Waals surface area contributed by atoms with Gasteiger partial charge >= 0.3 is 0 Å². The Balaban J connectivity index is 2.14. The van der Waals surface area contributed by atoms with Gasteiger partial charge in [-0.25, -0.2) is 4.39 Å². The fourth-order valence-corrected chi connectivity index (χ4v) is 2.41. The maximum absolute atomic E-state index is 13.2. The van der Waals surface area contributed by atoms with Gasteiger partial charge in [0.1, 0.15) is 5.82 Å². The lowest BCUT2D eigenvalue weighted by Gasteiger charge is -2.34. The van der Waals surface area contributed by atoms with E-state index in [0.29, 0.717) is 6.04 Å². The van der Waals surface area contributed by atoms with E-state index in [1.807, 2.05) is 6.07 Å². The highest BCUT2D eigenvalue weighted by atomic mass is 19.1. The molecule has 1 fully saturated rings. The highest BCUT2D eigenvalue weighted by Crippen LogP contribution is 2.24. The van der Waals surface area contributed by atoms with Crippen molar-refractivity contribution in [2.24, 2.45) is 0 Å². The summed E-state index contributed by atoms with van der Waals surface area (Å²) in [5.41, 5.74) is 1.10. The third-order valence-electron chi connectivity index (χ3n) is 3.21. The Morgan fingerprint density at radius 2 is 2.12 bits per heavy atom. The molecule has 2 rings (SSSR count). The second-order valence-corrected chi connectivity index (χ2v) is 4.27. The van der Waals surface area contributed by atoms with Crippen molar-refractivity contribution in [2.75, 3.05) is 26.2 Å². The Morgan fingerprint density at radius 3 is 2.75 bits per heavy atom. The van der Waals surface area contributed by atoms with E-state index in [4.69, 9.17) is 0 Å². The van der Waals surface area contributed by atoms with Crippen LogP contribution in [0.4, 0.5) is 4.39 Å². The number of hydrogen-bond acceptors (Lipinski definition) is 2. The van der Waals surface area contributed by atoms with Crippen molar-refractivity contribution in [1.82, 2.24) is 10.2 Å². The van der Waals surface area contributed by atoms with Gasteiger partial charge in [-0.3, -0.25) is 4.90 Å². The summed E-state index contributed by atoms with van der Waals surface area (Å²) in [5.74, 6) is -0.133. The van der Waals surface area contributed by atoms with Gasteiger partial charge in [0.15, 0.2) is 0 Å². The smallest absolute Gasteiger partial charge is 0.123 e. The van der Waals surface area contributed by atoms with E-state index in [1.54, 1.807) is 12.1 Å². The second-order valence-electron chi connectivity index (χ2n) is 4.27. The Hall–Kier alpha value is -0.930. The third kappa shape index (κ3) is 2.60. The van der Waals surface area contributed by atoms with Crippen LogP contribution in [0.2, 0.25) is 0 Å². The lowest BCUT2D eigenvalue weighted by atomic mass is 10.0. The number of nitrogens with one attached hydrogen (secondary N) is 1. The van der Waals surface area contributed by atoms with Crippen molar-refractivity contribution >= 4 is 0 Å². The number of rotatable bonds is 3. The van der Waals surface area contributed by atoms with Crippen molar-refractivity contribution in [3.8, 4) is 0 Å². The summed E-state index contributed by atoms with van der Waals surface area (Å²) >= 11 is 0. The Morgan fingerprint density at radius 1 is 1.38 bits per heavy atom. The molecule has 1 atom stereocenters. The lowest BCUT2D eigenvalue weighted by molar-refractivity contribution is 0.169. The maximum Gasteiger partial charge on any atom is 0.123 e. The number of hydrogen-bond donors (Lipinski definition) is 1. The molecule has 0 saturated carbocycles. The summed E-state index contributed by atoms with van der Waals surface area (Å²) in [4.78, 5) is 2.44. The van der Waals surface area contributed by atoms with Crippen LogP contribution in [0.3, 0.4) is 0 Å². The first-order valence-corrected chi connectivity index (χ1v) is 6.01. The van der Waals surface area contributed by atoms with E-state index < -0.39 is 0 Å². The normalized spacial score (nSPS) is 19.6. The van der Waals surface area contributed by atoms with Gasteiger partial charge < -0.3 is 5.32 Å². The third-order valence-corrected chi connectivity index (χ3v) is 3.21. The van der Waals surface area contributed by atoms with Crippen molar-refractivity contribution in [3.05, 3.63) is 35.6 Å². The molecule has 1 saturated heterocycles. The first-order valence-electron chi connectivity index (χ1n) is 6.01. The molecular weight excluding hydrogens is 203 g/mol. The quantitative estimate of drug-likeness (QED) is 0.843. The molecule has 0 amide bonds. The number of halogens is 1. The molecule has 1 aromatic carbocycles. The Kier molecular flexibility index (Phi) is 3.91. The SMILES string of the molecule is CCC(c1cccc(F)c1)N1CCNCC1. The Labute approximate surface area is 96.5 Å². The average Bonchev–Trinajstić information content (AvgIpc) is 2.31. The number of nitrogens with zero attached hydrogens (tertiary/aromatic N) is 1. The molecule has 1 aliphatic heterocycles. The molecule has 88 valence electrons. The fraction of sp³-hybridized carbons (Fsp3) is 0.538. The van der Waals surface area contributed by atoms with E-state index in [9.17, 15) is 4.39 Å². The summed E-state index contributed by atoms with van der Waals surface area (Å²) in [6.45, 7) is 6.33. The lowest BCUT2D eigenvalue weighted by Crippen LogP contribution is -2.45. The molecule has 1 heterocycles. The first-order chi connectivity index (χ1) is 7.81. The van der Waals surface area contributed by atoms with E-state index in [0.717, 1.165) is 38.2 Å². The first kappa shape index (κ1) is 11.6. The molecule has 3 heteroatoms. The summed E-state index contributed by atoms with van der Waals surface area (Å²) in [7, 11) is 0. The Bertz CT molecular complexity index is 334. The van der Waals surface area contributed by atoms with Gasteiger partial charge in [0, 0.05) is 32.2 Å². The van der Waals surface area contributed by atoms with E-state index in [-0.39, 0.29) is 5.82 Å². The predicted octanol–water partition coefficient (Wildman–Crippen LogP) is 2.18. The van der Waals surface area contributed by atoms with Crippen molar-refractivity contribution in [2.45, 2.75) is 19.4 Å². The maximum atomic E-state index is 13.2. The van der Waals surface area contributed by atoms with Gasteiger partial charge in [-0.2, -0.15) is 0 Å². The van der Waals surface area contributed by atoms with Crippen LogP contribution in [0.25, 0.3) is 0 Å². The molecule has 0 aromatic heterocycles. The molecular formula is C13H19FN2. The highest BCUT2D eigenvalue weighted by molar-refractivity contribution is 5.20. The van der Waals surface area contributed by atoms with E-state index >= 15 is 0 Å². The minimum Gasteiger partial charge on any atom is -0.314 e. The molecule has 0 spiro atoms. The molecule has 0 radical (unpaired) electrons. The van der Waals surface area contributed by atoms with E-state index in [1.165, 1.54) is 6.07 Å². The van der Waals surface area contributed by atoms with Crippen LogP contribution in [0.5, 0.6) is 0 Å². The van der Waals surface area contributed by atoms with Crippen LogP contribution >= 0.6 is 0 Å². The van der Waals surface area contributed by atoms with Crippen LogP contribution in [0, 0.1) is 5.82 Å². The molecule has 16 heavy (non-hydrogen) atoms. The second kappa shape index (κ2) is 5.41. The van der Waals surface area contributed by atoms with Gasteiger partial charge in [0.05, 0.1) is 0 Å². The topological polar surface area (TPSA) is 15.3 Å².